The molecule has 0 bridgehead atoms. The molecular formula is C18H30O7. The number of aliphatic hydroxyl groups excluding tert-OH is 1. The normalized spacial score (nSPS) is 29.8. The average Bonchev–Trinajstić information content (AvgIpc) is 2.48. The molecule has 0 radical (unpaired) electrons. The standard InChI is InChI=1S/C18H30O7/c1-9(2)7-13(21)25-17-14(10(3)4)18(24-11(5)20)16(23-6)12(8-19)15(17)22/h9-10,12,14,16-19H,7-8H2,1-6H3/t12-,14+,16+,17-,18-/m0/s1. The highest BCUT2D eigenvalue weighted by molar-refractivity contribution is 5.89. The van der Waals surface area contributed by atoms with Gasteiger partial charge in [0.25, 0.3) is 0 Å². The van der Waals surface area contributed by atoms with E-state index in [1.54, 1.807) is 0 Å². The maximum Gasteiger partial charge on any atom is 0.306 e. The summed E-state index contributed by atoms with van der Waals surface area (Å²) in [5.41, 5.74) is 0. The highest BCUT2D eigenvalue weighted by atomic mass is 16.6. The number of ether oxygens (including phenoxy) is 3. The first-order valence-electron chi connectivity index (χ1n) is 8.68. The van der Waals surface area contributed by atoms with Crippen LogP contribution in [-0.4, -0.2) is 54.9 Å². The van der Waals surface area contributed by atoms with Gasteiger partial charge in [0.2, 0.25) is 0 Å². The highest BCUT2D eigenvalue weighted by Gasteiger charge is 2.54. The molecule has 1 aliphatic carbocycles. The summed E-state index contributed by atoms with van der Waals surface area (Å²) in [6, 6.07) is 0. The molecule has 7 heteroatoms. The summed E-state index contributed by atoms with van der Waals surface area (Å²) in [4.78, 5) is 36.5. The number of aliphatic hydroxyl groups is 1. The van der Waals surface area contributed by atoms with Crippen molar-refractivity contribution in [2.24, 2.45) is 23.7 Å². The molecule has 1 N–H and O–H groups in total. The van der Waals surface area contributed by atoms with Crippen molar-refractivity contribution in [2.75, 3.05) is 13.7 Å². The van der Waals surface area contributed by atoms with Crippen molar-refractivity contribution in [3.05, 3.63) is 0 Å². The summed E-state index contributed by atoms with van der Waals surface area (Å²) in [5, 5.41) is 9.66. The van der Waals surface area contributed by atoms with Gasteiger partial charge in [0.1, 0.15) is 12.2 Å². The number of ketones is 1. The molecule has 144 valence electrons. The fraction of sp³-hybridized carbons (Fsp3) is 0.833. The number of esters is 2. The Morgan fingerprint density at radius 1 is 1.12 bits per heavy atom. The van der Waals surface area contributed by atoms with Crippen molar-refractivity contribution in [3.8, 4) is 0 Å². The molecule has 25 heavy (non-hydrogen) atoms. The van der Waals surface area contributed by atoms with Gasteiger partial charge in [-0.05, 0) is 11.8 Å². The Morgan fingerprint density at radius 2 is 1.72 bits per heavy atom. The second kappa shape index (κ2) is 9.29. The summed E-state index contributed by atoms with van der Waals surface area (Å²) < 4.78 is 16.3. The minimum Gasteiger partial charge on any atom is -0.459 e. The van der Waals surface area contributed by atoms with Crippen LogP contribution < -0.4 is 0 Å². The molecule has 0 aromatic carbocycles. The molecule has 0 amide bonds. The zero-order chi connectivity index (χ0) is 19.3. The van der Waals surface area contributed by atoms with Gasteiger partial charge in [0.15, 0.2) is 11.9 Å². The Kier molecular flexibility index (Phi) is 8.02. The van der Waals surface area contributed by atoms with E-state index in [0.717, 1.165) is 0 Å². The Balaban J connectivity index is 3.23. The maximum atomic E-state index is 12.8. The van der Waals surface area contributed by atoms with Crippen LogP contribution in [0, 0.1) is 23.7 Å². The van der Waals surface area contributed by atoms with Crippen molar-refractivity contribution in [2.45, 2.75) is 59.4 Å². The zero-order valence-corrected chi connectivity index (χ0v) is 15.9. The summed E-state index contributed by atoms with van der Waals surface area (Å²) in [5.74, 6) is -2.87. The summed E-state index contributed by atoms with van der Waals surface area (Å²) in [6.45, 7) is 8.28. The van der Waals surface area contributed by atoms with E-state index in [1.165, 1.54) is 14.0 Å². The van der Waals surface area contributed by atoms with Gasteiger partial charge in [-0.25, -0.2) is 0 Å². The van der Waals surface area contributed by atoms with E-state index in [2.05, 4.69) is 0 Å². The van der Waals surface area contributed by atoms with E-state index in [1.807, 2.05) is 27.7 Å². The highest BCUT2D eigenvalue weighted by Crippen LogP contribution is 2.37. The predicted octanol–water partition coefficient (Wildman–Crippen LogP) is 1.35. The van der Waals surface area contributed by atoms with Crippen LogP contribution in [0.15, 0.2) is 0 Å². The van der Waals surface area contributed by atoms with Gasteiger partial charge in [-0.2, -0.15) is 0 Å². The Morgan fingerprint density at radius 3 is 2.12 bits per heavy atom. The molecule has 0 unspecified atom stereocenters. The molecule has 1 fully saturated rings. The molecule has 0 aromatic rings. The molecule has 0 aromatic heterocycles. The van der Waals surface area contributed by atoms with Crippen LogP contribution in [0.4, 0.5) is 0 Å². The van der Waals surface area contributed by atoms with Crippen molar-refractivity contribution in [1.82, 2.24) is 0 Å². The lowest BCUT2D eigenvalue weighted by atomic mass is 9.70. The third kappa shape index (κ3) is 5.25. The first-order chi connectivity index (χ1) is 11.6. The number of Topliss-reactive ketones (excluding diaryl/α,β-unsaturated/α-hetero) is 1. The van der Waals surface area contributed by atoms with Crippen molar-refractivity contribution in [3.63, 3.8) is 0 Å². The minimum atomic E-state index is -1.07. The summed E-state index contributed by atoms with van der Waals surface area (Å²) >= 11 is 0. The molecule has 5 atom stereocenters. The van der Waals surface area contributed by atoms with Crippen LogP contribution >= 0.6 is 0 Å². The molecule has 1 aliphatic rings. The Labute approximate surface area is 149 Å². The maximum absolute atomic E-state index is 12.8. The van der Waals surface area contributed by atoms with Gasteiger partial charge < -0.3 is 19.3 Å². The summed E-state index contributed by atoms with van der Waals surface area (Å²) in [6.07, 6.45) is -2.45. The number of rotatable bonds is 7. The number of carbonyl (C=O) groups is 3. The predicted molar refractivity (Wildman–Crippen MR) is 89.6 cm³/mol. The lowest BCUT2D eigenvalue weighted by Gasteiger charge is -2.45. The lowest BCUT2D eigenvalue weighted by Crippen LogP contribution is -2.61. The smallest absolute Gasteiger partial charge is 0.306 e. The Hall–Kier alpha value is -1.47. The van der Waals surface area contributed by atoms with Crippen LogP contribution in [0.5, 0.6) is 0 Å². The SMILES string of the molecule is CO[C@H]1[C@@H](OC(C)=O)[C@H](C(C)C)[C@H](OC(=O)CC(C)C)C(=O)[C@@H]1CO. The van der Waals surface area contributed by atoms with E-state index >= 15 is 0 Å². The third-order valence-corrected chi connectivity index (χ3v) is 4.47. The molecule has 0 aliphatic heterocycles. The van der Waals surface area contributed by atoms with Crippen LogP contribution in [0.3, 0.4) is 0 Å². The minimum absolute atomic E-state index is 0.0910. The van der Waals surface area contributed by atoms with Crippen molar-refractivity contribution in [1.29, 1.82) is 0 Å². The first kappa shape index (κ1) is 21.6. The number of hydrogen-bond donors (Lipinski definition) is 1. The van der Waals surface area contributed by atoms with Gasteiger partial charge in [0.05, 0.1) is 12.5 Å². The molecule has 0 heterocycles. The van der Waals surface area contributed by atoms with E-state index < -0.39 is 54.5 Å². The second-order valence-corrected chi connectivity index (χ2v) is 7.30. The largest absolute Gasteiger partial charge is 0.459 e. The van der Waals surface area contributed by atoms with Crippen LogP contribution in [0.1, 0.15) is 41.0 Å². The van der Waals surface area contributed by atoms with Gasteiger partial charge >= 0.3 is 11.9 Å². The molecule has 0 spiro atoms. The van der Waals surface area contributed by atoms with Gasteiger partial charge in [-0.1, -0.05) is 27.7 Å². The molecular weight excluding hydrogens is 328 g/mol. The topological polar surface area (TPSA) is 99.1 Å². The van der Waals surface area contributed by atoms with Gasteiger partial charge in [-0.3, -0.25) is 14.4 Å². The van der Waals surface area contributed by atoms with Gasteiger partial charge in [0, 0.05) is 26.4 Å². The van der Waals surface area contributed by atoms with E-state index in [-0.39, 0.29) is 18.3 Å². The zero-order valence-electron chi connectivity index (χ0n) is 15.9. The Bertz CT molecular complexity index is 486. The third-order valence-electron chi connectivity index (χ3n) is 4.47. The fourth-order valence-electron chi connectivity index (χ4n) is 3.40. The second-order valence-electron chi connectivity index (χ2n) is 7.30. The molecule has 7 nitrogen and oxygen atoms in total. The van der Waals surface area contributed by atoms with Crippen LogP contribution in [0.25, 0.3) is 0 Å². The first-order valence-corrected chi connectivity index (χ1v) is 8.68. The monoisotopic (exact) mass is 358 g/mol. The average molecular weight is 358 g/mol. The van der Waals surface area contributed by atoms with Gasteiger partial charge in [-0.15, -0.1) is 0 Å². The van der Waals surface area contributed by atoms with E-state index in [0.29, 0.717) is 0 Å². The number of hydrogen-bond acceptors (Lipinski definition) is 7. The lowest BCUT2D eigenvalue weighted by molar-refractivity contribution is -0.199. The van der Waals surface area contributed by atoms with Crippen molar-refractivity contribution >= 4 is 17.7 Å². The quantitative estimate of drug-likeness (QED) is 0.686. The van der Waals surface area contributed by atoms with Crippen LogP contribution in [-0.2, 0) is 28.6 Å². The summed E-state index contributed by atoms with van der Waals surface area (Å²) in [7, 11) is 1.40. The van der Waals surface area contributed by atoms with Crippen LogP contribution in [0.2, 0.25) is 0 Å². The molecule has 1 saturated carbocycles. The fourth-order valence-corrected chi connectivity index (χ4v) is 3.40. The van der Waals surface area contributed by atoms with E-state index in [4.69, 9.17) is 14.2 Å². The number of methoxy groups -OCH3 is 1. The molecule has 0 saturated heterocycles. The van der Waals surface area contributed by atoms with E-state index in [9.17, 15) is 19.5 Å². The number of carbonyl (C=O) groups excluding carboxylic acids is 3. The molecule has 1 rings (SSSR count). The van der Waals surface area contributed by atoms with Crippen molar-refractivity contribution < 1.29 is 33.7 Å².